The highest BCUT2D eigenvalue weighted by molar-refractivity contribution is 14.1. The van der Waals surface area contributed by atoms with Crippen molar-refractivity contribution in [2.45, 2.75) is 132 Å². The molecule has 3 aliphatic heterocycles. The molecule has 11 rings (SSSR count). The van der Waals surface area contributed by atoms with Crippen molar-refractivity contribution < 1.29 is 38.6 Å². The average Bonchev–Trinajstić information content (AvgIpc) is 1.95. The Morgan fingerprint density at radius 1 is 0.404 bits per heavy atom. The monoisotopic (exact) mass is 1310 g/mol. The summed E-state index contributed by atoms with van der Waals surface area (Å²) >= 11 is 2.36. The largest absolute Gasteiger partial charge is 0.507 e. The van der Waals surface area contributed by atoms with Gasteiger partial charge in [0, 0.05) is 68.0 Å². The van der Waals surface area contributed by atoms with Gasteiger partial charge in [0.1, 0.15) is 36.2 Å². The Bertz CT molecular complexity index is 3880. The number of para-hydroxylation sites is 2. The van der Waals surface area contributed by atoms with Crippen LogP contribution in [0.15, 0.2) is 78.9 Å². The Morgan fingerprint density at radius 2 is 0.742 bits per heavy atom. The second-order valence-electron chi connectivity index (χ2n) is 23.2. The van der Waals surface area contributed by atoms with E-state index in [9.17, 15) is 10.2 Å². The summed E-state index contributed by atoms with van der Waals surface area (Å²) in [6, 6.07) is 27.4. The van der Waals surface area contributed by atoms with E-state index < -0.39 is 0 Å². The molecule has 4 aliphatic rings. The zero-order valence-electron chi connectivity index (χ0n) is 53.2. The molecule has 6 heterocycles. The second-order valence-corrected chi connectivity index (χ2v) is 24.4. The van der Waals surface area contributed by atoms with Crippen molar-refractivity contribution in [2.75, 3.05) is 66.1 Å². The van der Waals surface area contributed by atoms with Gasteiger partial charge in [0.25, 0.3) is 0 Å². The van der Waals surface area contributed by atoms with Crippen molar-refractivity contribution in [3.63, 3.8) is 0 Å². The fraction of sp³-hybridized carbons (Fsp3) is 0.395. The van der Waals surface area contributed by atoms with Crippen LogP contribution in [-0.4, -0.2) is 96.2 Å². The van der Waals surface area contributed by atoms with Crippen LogP contribution in [0.2, 0.25) is 0 Å². The maximum absolute atomic E-state index is 12.5. The van der Waals surface area contributed by atoms with E-state index in [0.29, 0.717) is 96.6 Å². The minimum Gasteiger partial charge on any atom is -0.507 e. The topological polar surface area (TPSA) is 153 Å². The number of aryl methyl sites for hydroxylation is 4. The normalized spacial score (nSPS) is 15.3. The Balaban J connectivity index is 1.17. The zero-order chi connectivity index (χ0) is 62.1. The molecule has 18 bridgehead atoms. The number of benzene rings is 4. The van der Waals surface area contributed by atoms with Crippen molar-refractivity contribution in [2.24, 2.45) is 0 Å². The molecule has 0 amide bonds. The summed E-state index contributed by atoms with van der Waals surface area (Å²) < 4.78 is 38.3. The molecule has 0 radical (unpaired) electrons. The first-order valence-electron chi connectivity index (χ1n) is 32.4. The Morgan fingerprint density at radius 3 is 1.09 bits per heavy atom. The van der Waals surface area contributed by atoms with E-state index in [-0.39, 0.29) is 18.1 Å². The summed E-state index contributed by atoms with van der Waals surface area (Å²) in [6.45, 7) is 21.7. The third-order valence-electron chi connectivity index (χ3n) is 17.9. The lowest BCUT2D eigenvalue weighted by molar-refractivity contribution is -0.00706. The molecule has 464 valence electrons. The van der Waals surface area contributed by atoms with Crippen LogP contribution in [0.4, 0.5) is 0 Å². The summed E-state index contributed by atoms with van der Waals surface area (Å²) in [5.74, 6) is 9.41. The number of aromatic amines is 2. The van der Waals surface area contributed by atoms with Crippen LogP contribution >= 0.6 is 22.6 Å². The Kier molecular flexibility index (Phi) is 20.8. The molecule has 13 heteroatoms. The third kappa shape index (κ3) is 13.5. The maximum atomic E-state index is 12.5. The Hall–Kier alpha value is -7.19. The molecule has 0 fully saturated rings. The molecule has 0 saturated heterocycles. The average molecular weight is 1310 g/mol. The van der Waals surface area contributed by atoms with Gasteiger partial charge < -0.3 is 48.6 Å². The third-order valence-corrected chi connectivity index (χ3v) is 18.5. The van der Waals surface area contributed by atoms with Crippen molar-refractivity contribution in [3.05, 3.63) is 183 Å². The minimum absolute atomic E-state index is 0.206. The van der Waals surface area contributed by atoms with E-state index in [1.54, 1.807) is 0 Å². The summed E-state index contributed by atoms with van der Waals surface area (Å²) in [4.78, 5) is 19.3. The number of fused-ring (bicyclic) bond motifs is 10. The van der Waals surface area contributed by atoms with Gasteiger partial charge in [0.15, 0.2) is 0 Å². The zero-order valence-corrected chi connectivity index (χ0v) is 55.3. The summed E-state index contributed by atoms with van der Waals surface area (Å²) in [5, 5.41) is 25.1. The van der Waals surface area contributed by atoms with Crippen molar-refractivity contribution in [1.29, 1.82) is 0 Å². The molecule has 7 aromatic rings. The molecular formula is C76H85IN4O8. The smallest absolute Gasteiger partial charge is 0.126 e. The minimum atomic E-state index is 0.206. The SMILES string of the molecule is CCC1=C(CC)c2nc1cc1[nH]c(cc3[nH]c(cc4nc(c2C#Cc2cc5c6c(c2)Cc2cccc(c2O)Cc2cc(I)cc(c2OCCOCCOCCOCCOCCO6)Cc2cccc(c2O)C5)C(CC)=C4CC)c(CC)c3CC)c(CC)c1CC. The predicted octanol–water partition coefficient (Wildman–Crippen LogP) is 16.0. The number of halogens is 1. The van der Waals surface area contributed by atoms with Gasteiger partial charge in [-0.2, -0.15) is 0 Å². The van der Waals surface area contributed by atoms with Crippen LogP contribution < -0.4 is 9.47 Å². The van der Waals surface area contributed by atoms with E-state index in [1.165, 1.54) is 44.5 Å². The van der Waals surface area contributed by atoms with Crippen LogP contribution in [0, 0.1) is 15.4 Å². The highest BCUT2D eigenvalue weighted by Crippen LogP contribution is 2.44. The highest BCUT2D eigenvalue weighted by atomic mass is 127. The highest BCUT2D eigenvalue weighted by Gasteiger charge is 2.28. The number of allylic oxidation sites excluding steroid dienone is 4. The van der Waals surface area contributed by atoms with E-state index in [1.807, 2.05) is 36.4 Å². The lowest BCUT2D eigenvalue weighted by atomic mass is 9.90. The Labute approximate surface area is 538 Å². The van der Waals surface area contributed by atoms with Gasteiger partial charge in [-0.25, -0.2) is 9.97 Å². The van der Waals surface area contributed by atoms with Crippen LogP contribution in [0.3, 0.4) is 0 Å². The number of aromatic hydroxyl groups is 2. The number of nitrogens with one attached hydrogen (secondary N) is 2. The number of H-pyrrole nitrogens is 2. The van der Waals surface area contributed by atoms with Gasteiger partial charge in [-0.3, -0.25) is 0 Å². The molecular weight excluding hydrogens is 1220 g/mol. The summed E-state index contributed by atoms with van der Waals surface area (Å²) in [6.07, 6.45) is 8.10. The van der Waals surface area contributed by atoms with Crippen molar-refractivity contribution in [1.82, 2.24) is 19.9 Å². The van der Waals surface area contributed by atoms with Crippen molar-refractivity contribution >= 4 is 67.0 Å². The molecule has 4 N–H and O–H groups in total. The fourth-order valence-corrected chi connectivity index (χ4v) is 14.5. The standard InChI is InChI=1S/C76H85IN4O8/c1-9-56-58(11-3)67-44-69-60(13-5)62(15-7)71(80-69)64(72-63(16-8)61(14-6)70(81-72)45-68-59(12-4)57(10-2)66(79-68)43-65(56)78-67)24-23-46-35-51-37-47-19-17-21-49(73(47)82)39-53-41-55(77)42-54-40-50-22-18-20-48(74(50)83)38-52(36-46)75(51)88-33-31-86-29-27-84-25-26-85-28-30-87-32-34-89-76(53)54/h17-22,35-36,41-45,78-79,82-83H,9-16,25-34,37-40H2,1-8H3. The number of hydrogen-bond acceptors (Lipinski definition) is 10. The predicted molar refractivity (Wildman–Crippen MR) is 367 cm³/mol. The number of aromatic nitrogens is 4. The summed E-state index contributed by atoms with van der Waals surface area (Å²) in [7, 11) is 0. The fourth-order valence-electron chi connectivity index (χ4n) is 13.7. The van der Waals surface area contributed by atoms with E-state index in [2.05, 4.69) is 142 Å². The molecule has 12 nitrogen and oxygen atoms in total. The lowest BCUT2D eigenvalue weighted by Gasteiger charge is -2.21. The van der Waals surface area contributed by atoms with Gasteiger partial charge in [-0.05, 0) is 194 Å². The first-order valence-corrected chi connectivity index (χ1v) is 33.5. The lowest BCUT2D eigenvalue weighted by Crippen LogP contribution is -2.15. The summed E-state index contributed by atoms with van der Waals surface area (Å²) in [5.41, 5.74) is 26.2. The number of nitrogens with zero attached hydrogens (tertiary/aromatic N) is 2. The number of phenols is 2. The molecule has 0 unspecified atom stereocenters. The van der Waals surface area contributed by atoms with Gasteiger partial charge in [-0.1, -0.05) is 104 Å². The van der Waals surface area contributed by atoms with Crippen LogP contribution in [0.5, 0.6) is 23.0 Å². The molecule has 4 aromatic carbocycles. The number of hydrogen-bond donors (Lipinski definition) is 4. The maximum Gasteiger partial charge on any atom is 0.126 e. The van der Waals surface area contributed by atoms with Crippen LogP contribution in [0.25, 0.3) is 44.4 Å². The van der Waals surface area contributed by atoms with Gasteiger partial charge in [0.2, 0.25) is 0 Å². The van der Waals surface area contributed by atoms with Crippen molar-refractivity contribution in [3.8, 4) is 34.8 Å². The van der Waals surface area contributed by atoms with Gasteiger partial charge >= 0.3 is 0 Å². The first-order chi connectivity index (χ1) is 43.5. The quantitative estimate of drug-likeness (QED) is 0.0854. The molecule has 0 saturated carbocycles. The van der Waals surface area contributed by atoms with Crippen LogP contribution in [0.1, 0.15) is 182 Å². The number of phenolic OH excluding ortho intramolecular Hbond substituents is 2. The molecule has 89 heavy (non-hydrogen) atoms. The number of rotatable bonds is 8. The van der Waals surface area contributed by atoms with Gasteiger partial charge in [-0.15, -0.1) is 0 Å². The van der Waals surface area contributed by atoms with Crippen LogP contribution in [-0.2, 0) is 70.3 Å². The first kappa shape index (κ1) is 63.4. The molecule has 0 spiro atoms. The number of ether oxygens (including phenoxy) is 6. The van der Waals surface area contributed by atoms with Gasteiger partial charge in [0.05, 0.1) is 81.2 Å². The van der Waals surface area contributed by atoms with E-state index in [0.717, 1.165) is 155 Å². The molecule has 1 aliphatic carbocycles. The second kappa shape index (κ2) is 29.2. The molecule has 0 atom stereocenters. The van der Waals surface area contributed by atoms with E-state index in [4.69, 9.17) is 38.4 Å². The molecule has 3 aromatic heterocycles. The van der Waals surface area contributed by atoms with E-state index >= 15 is 0 Å².